The standard InChI is InChI=1S/C10H5F9.C10H11F3/c1-4-2-5(8(11,12)13)3-6(9(14,15)16)7(4)10(17,18)19;1-6-4-9(10(11,12)13)5-7(2)8(6)3/h2-3H,1H3;4-5H,1-3H3. The Balaban J connectivity index is 0.000000343. The Hall–Kier alpha value is -2.40. The van der Waals surface area contributed by atoms with E-state index in [9.17, 15) is 52.7 Å². The maximum Gasteiger partial charge on any atom is 0.417 e. The van der Waals surface area contributed by atoms with E-state index in [4.69, 9.17) is 0 Å². The van der Waals surface area contributed by atoms with E-state index in [0.717, 1.165) is 5.56 Å². The Morgan fingerprint density at radius 1 is 0.438 bits per heavy atom. The third-order valence-electron chi connectivity index (χ3n) is 4.51. The van der Waals surface area contributed by atoms with Crippen LogP contribution in [0.5, 0.6) is 0 Å². The van der Waals surface area contributed by atoms with Crippen molar-refractivity contribution in [2.24, 2.45) is 0 Å². The van der Waals surface area contributed by atoms with Gasteiger partial charge in [0.05, 0.1) is 22.3 Å². The van der Waals surface area contributed by atoms with Gasteiger partial charge in [-0.3, -0.25) is 0 Å². The molecule has 2 rings (SSSR count). The number of halogens is 12. The van der Waals surface area contributed by atoms with Crippen LogP contribution in [0.3, 0.4) is 0 Å². The van der Waals surface area contributed by atoms with Gasteiger partial charge in [-0.05, 0) is 74.2 Å². The van der Waals surface area contributed by atoms with Gasteiger partial charge in [0.25, 0.3) is 0 Å². The second-order valence-corrected chi connectivity index (χ2v) is 6.94. The molecule has 0 saturated heterocycles. The fourth-order valence-electron chi connectivity index (χ4n) is 2.75. The second kappa shape index (κ2) is 8.86. The van der Waals surface area contributed by atoms with Gasteiger partial charge in [-0.2, -0.15) is 52.7 Å². The summed E-state index contributed by atoms with van der Waals surface area (Å²) in [4.78, 5) is 0. The van der Waals surface area contributed by atoms with E-state index >= 15 is 0 Å². The van der Waals surface area contributed by atoms with Crippen LogP contribution in [0.25, 0.3) is 0 Å². The maximum atomic E-state index is 12.5. The predicted octanol–water partition coefficient (Wildman–Crippen LogP) is 8.68. The number of hydrogen-bond donors (Lipinski definition) is 0. The van der Waals surface area contributed by atoms with Gasteiger partial charge >= 0.3 is 24.7 Å². The zero-order chi connectivity index (χ0) is 25.4. The fourth-order valence-corrected chi connectivity index (χ4v) is 2.75. The van der Waals surface area contributed by atoms with Crippen molar-refractivity contribution in [2.75, 3.05) is 0 Å². The van der Waals surface area contributed by atoms with Crippen LogP contribution < -0.4 is 0 Å². The molecule has 0 fully saturated rings. The quantitative estimate of drug-likeness (QED) is 0.328. The highest BCUT2D eigenvalue weighted by molar-refractivity contribution is 5.43. The smallest absolute Gasteiger partial charge is 0.166 e. The molecule has 180 valence electrons. The van der Waals surface area contributed by atoms with E-state index in [1.807, 2.05) is 6.92 Å². The molecule has 0 radical (unpaired) electrons. The number of hydrogen-bond acceptors (Lipinski definition) is 0. The van der Waals surface area contributed by atoms with E-state index in [-0.39, 0.29) is 6.07 Å². The molecule has 0 aromatic heterocycles. The van der Waals surface area contributed by atoms with Gasteiger partial charge in [0.2, 0.25) is 0 Å². The molecule has 0 spiro atoms. The molecule has 2 aromatic carbocycles. The molecule has 0 heterocycles. The van der Waals surface area contributed by atoms with Gasteiger partial charge < -0.3 is 0 Å². The maximum absolute atomic E-state index is 12.5. The van der Waals surface area contributed by atoms with E-state index < -0.39 is 58.6 Å². The molecule has 0 aliphatic heterocycles. The van der Waals surface area contributed by atoms with Crippen LogP contribution in [0.2, 0.25) is 0 Å². The van der Waals surface area contributed by atoms with Crippen molar-refractivity contribution >= 4 is 0 Å². The molecule has 0 saturated carbocycles. The van der Waals surface area contributed by atoms with Crippen molar-refractivity contribution < 1.29 is 52.7 Å². The van der Waals surface area contributed by atoms with Gasteiger partial charge in [-0.1, -0.05) is 0 Å². The Morgan fingerprint density at radius 3 is 1.09 bits per heavy atom. The molecule has 0 aliphatic carbocycles. The van der Waals surface area contributed by atoms with Crippen LogP contribution in [0.4, 0.5) is 52.7 Å². The van der Waals surface area contributed by atoms with Crippen molar-refractivity contribution in [3.63, 3.8) is 0 Å². The lowest BCUT2D eigenvalue weighted by atomic mass is 9.97. The molecule has 32 heavy (non-hydrogen) atoms. The van der Waals surface area contributed by atoms with Gasteiger partial charge in [-0.15, -0.1) is 0 Å². The molecule has 12 heteroatoms. The van der Waals surface area contributed by atoms with Crippen LogP contribution in [0, 0.1) is 27.7 Å². The number of alkyl halides is 12. The monoisotopic (exact) mass is 484 g/mol. The summed E-state index contributed by atoms with van der Waals surface area (Å²) in [5, 5.41) is 0. The third-order valence-corrected chi connectivity index (χ3v) is 4.51. The number of rotatable bonds is 0. The summed E-state index contributed by atoms with van der Waals surface area (Å²) in [7, 11) is 0. The topological polar surface area (TPSA) is 0 Å². The first-order valence-electron chi connectivity index (χ1n) is 8.58. The molecule has 0 N–H and O–H groups in total. The van der Waals surface area contributed by atoms with Crippen LogP contribution in [-0.2, 0) is 24.7 Å². The Bertz CT molecular complexity index is 934. The van der Waals surface area contributed by atoms with E-state index in [0.29, 0.717) is 18.1 Å². The normalized spacial score (nSPS) is 13.0. The minimum Gasteiger partial charge on any atom is -0.166 e. The van der Waals surface area contributed by atoms with Crippen molar-refractivity contribution in [3.8, 4) is 0 Å². The summed E-state index contributed by atoms with van der Waals surface area (Å²) in [5.74, 6) is 0. The van der Waals surface area contributed by atoms with Crippen LogP contribution in [0.15, 0.2) is 24.3 Å². The van der Waals surface area contributed by atoms with Gasteiger partial charge in [0, 0.05) is 0 Å². The average molecular weight is 484 g/mol. The summed E-state index contributed by atoms with van der Waals surface area (Å²) >= 11 is 0. The summed E-state index contributed by atoms with van der Waals surface area (Å²) in [5.41, 5.74) is -5.61. The second-order valence-electron chi connectivity index (χ2n) is 6.94. The molecule has 2 aromatic rings. The van der Waals surface area contributed by atoms with E-state index in [2.05, 4.69) is 0 Å². The van der Waals surface area contributed by atoms with Crippen molar-refractivity contribution in [3.05, 3.63) is 68.8 Å². The van der Waals surface area contributed by atoms with Gasteiger partial charge in [-0.25, -0.2) is 0 Å². The van der Waals surface area contributed by atoms with Crippen LogP contribution >= 0.6 is 0 Å². The Labute approximate surface area is 174 Å². The molecular weight excluding hydrogens is 468 g/mol. The SMILES string of the molecule is Cc1cc(C(F)(F)F)cc(C(F)(F)F)c1C(F)(F)F.Cc1cc(C(F)(F)F)cc(C)c1C. The summed E-state index contributed by atoms with van der Waals surface area (Å²) in [6, 6.07) is 1.87. The summed E-state index contributed by atoms with van der Waals surface area (Å²) < 4.78 is 149. The van der Waals surface area contributed by atoms with Crippen molar-refractivity contribution in [1.29, 1.82) is 0 Å². The largest absolute Gasteiger partial charge is 0.417 e. The lowest BCUT2D eigenvalue weighted by Crippen LogP contribution is -2.20. The minimum atomic E-state index is -5.53. The number of benzene rings is 2. The van der Waals surface area contributed by atoms with Crippen LogP contribution in [0.1, 0.15) is 44.5 Å². The Kier molecular flexibility index (Phi) is 7.65. The fraction of sp³-hybridized carbons (Fsp3) is 0.400. The highest BCUT2D eigenvalue weighted by Crippen LogP contribution is 2.44. The third kappa shape index (κ3) is 6.80. The lowest BCUT2D eigenvalue weighted by Gasteiger charge is -2.20. The lowest BCUT2D eigenvalue weighted by molar-refractivity contribution is -0.164. The van der Waals surface area contributed by atoms with Gasteiger partial charge in [0.15, 0.2) is 0 Å². The molecule has 0 atom stereocenters. The first-order chi connectivity index (χ1) is 14.1. The highest BCUT2D eigenvalue weighted by Gasteiger charge is 2.46. The first-order valence-corrected chi connectivity index (χ1v) is 8.58. The zero-order valence-electron chi connectivity index (χ0n) is 16.8. The van der Waals surface area contributed by atoms with Gasteiger partial charge in [0.1, 0.15) is 0 Å². The first kappa shape index (κ1) is 27.6. The highest BCUT2D eigenvalue weighted by atomic mass is 19.4. The minimum absolute atomic E-state index is 0.0397. The number of aryl methyl sites for hydroxylation is 3. The summed E-state index contributed by atoms with van der Waals surface area (Å²) in [6.07, 6.45) is -20.3. The molecule has 0 aliphatic rings. The molecule has 0 amide bonds. The molecule has 0 bridgehead atoms. The van der Waals surface area contributed by atoms with Crippen LogP contribution in [-0.4, -0.2) is 0 Å². The average Bonchev–Trinajstić information content (AvgIpc) is 2.55. The Morgan fingerprint density at radius 2 is 0.781 bits per heavy atom. The molecule has 0 unspecified atom stereocenters. The van der Waals surface area contributed by atoms with E-state index in [1.165, 1.54) is 12.1 Å². The van der Waals surface area contributed by atoms with Crippen molar-refractivity contribution in [1.82, 2.24) is 0 Å². The zero-order valence-corrected chi connectivity index (χ0v) is 16.8. The molecule has 0 nitrogen and oxygen atoms in total. The summed E-state index contributed by atoms with van der Waals surface area (Å²) in [6.45, 7) is 5.76. The molecular formula is C20H16F12. The van der Waals surface area contributed by atoms with Crippen molar-refractivity contribution in [2.45, 2.75) is 52.4 Å². The van der Waals surface area contributed by atoms with E-state index in [1.54, 1.807) is 13.8 Å². The predicted molar refractivity (Wildman–Crippen MR) is 91.8 cm³/mol.